The number of halogens is 1. The molecule has 0 bridgehead atoms. The summed E-state index contributed by atoms with van der Waals surface area (Å²) in [6.45, 7) is 6.43. The van der Waals surface area contributed by atoms with Gasteiger partial charge in [-0.15, -0.1) is 12.4 Å². The van der Waals surface area contributed by atoms with Crippen molar-refractivity contribution in [2.24, 2.45) is 11.8 Å². The first kappa shape index (κ1) is 21.5. The van der Waals surface area contributed by atoms with E-state index in [0.717, 1.165) is 31.6 Å². The van der Waals surface area contributed by atoms with E-state index >= 15 is 0 Å². The Balaban J connectivity index is 0.00000312. The van der Waals surface area contributed by atoms with Crippen LogP contribution in [0.3, 0.4) is 0 Å². The number of hydrogen-bond donors (Lipinski definition) is 2. The average molecular weight is 368 g/mol. The molecule has 1 saturated heterocycles. The second kappa shape index (κ2) is 10.4. The van der Waals surface area contributed by atoms with E-state index in [4.69, 9.17) is 0 Å². The van der Waals surface area contributed by atoms with Crippen molar-refractivity contribution in [3.63, 3.8) is 0 Å². The molecule has 0 radical (unpaired) electrons. The van der Waals surface area contributed by atoms with E-state index < -0.39 is 6.04 Å². The molecule has 0 saturated carbocycles. The molecule has 2 atom stereocenters. The normalized spacial score (nSPS) is 17.9. The standard InChI is InChI=1S/C19H29N3O2.ClH/c1-14(2)11-17(23)21-18(16-7-5-4-6-8-16)19(24)22-10-9-15(13-22)12-20-3;/h4-8,14-15,18,20H,9-13H2,1-3H3,(H,21,23);1H. The molecule has 5 nitrogen and oxygen atoms in total. The van der Waals surface area contributed by atoms with E-state index in [1.807, 2.05) is 56.1 Å². The molecule has 0 aromatic heterocycles. The lowest BCUT2D eigenvalue weighted by molar-refractivity contribution is -0.136. The molecular weight excluding hydrogens is 338 g/mol. The summed E-state index contributed by atoms with van der Waals surface area (Å²) in [5, 5.41) is 6.12. The molecule has 1 fully saturated rings. The maximum Gasteiger partial charge on any atom is 0.249 e. The molecule has 1 aliphatic heterocycles. The van der Waals surface area contributed by atoms with Gasteiger partial charge in [-0.1, -0.05) is 44.2 Å². The van der Waals surface area contributed by atoms with Crippen LogP contribution in [0.2, 0.25) is 0 Å². The molecule has 2 rings (SSSR count). The van der Waals surface area contributed by atoms with Crippen LogP contribution >= 0.6 is 12.4 Å². The molecule has 6 heteroatoms. The monoisotopic (exact) mass is 367 g/mol. The Morgan fingerprint density at radius 1 is 1.24 bits per heavy atom. The Morgan fingerprint density at radius 2 is 1.92 bits per heavy atom. The number of rotatable bonds is 7. The maximum atomic E-state index is 13.0. The minimum absolute atomic E-state index is 0. The number of carbonyl (C=O) groups is 2. The van der Waals surface area contributed by atoms with Gasteiger partial charge in [0.1, 0.15) is 6.04 Å². The zero-order chi connectivity index (χ0) is 17.5. The van der Waals surface area contributed by atoms with Crippen LogP contribution in [0.4, 0.5) is 0 Å². The fourth-order valence-electron chi connectivity index (χ4n) is 3.19. The molecule has 1 heterocycles. The molecule has 1 aliphatic rings. The van der Waals surface area contributed by atoms with Crippen LogP contribution in [-0.4, -0.2) is 43.4 Å². The third kappa shape index (κ3) is 6.33. The van der Waals surface area contributed by atoms with Crippen LogP contribution in [0.25, 0.3) is 0 Å². The first-order valence-electron chi connectivity index (χ1n) is 8.79. The summed E-state index contributed by atoms with van der Waals surface area (Å²) >= 11 is 0. The zero-order valence-electron chi connectivity index (χ0n) is 15.3. The van der Waals surface area contributed by atoms with Crippen molar-refractivity contribution in [1.82, 2.24) is 15.5 Å². The highest BCUT2D eigenvalue weighted by atomic mass is 35.5. The number of nitrogens with one attached hydrogen (secondary N) is 2. The van der Waals surface area contributed by atoms with Crippen LogP contribution in [0, 0.1) is 11.8 Å². The summed E-state index contributed by atoms with van der Waals surface area (Å²) in [5.74, 6) is 0.681. The Morgan fingerprint density at radius 3 is 2.52 bits per heavy atom. The van der Waals surface area contributed by atoms with Crippen molar-refractivity contribution in [1.29, 1.82) is 0 Å². The number of carbonyl (C=O) groups excluding carboxylic acids is 2. The first-order valence-corrected chi connectivity index (χ1v) is 8.79. The van der Waals surface area contributed by atoms with Crippen LogP contribution < -0.4 is 10.6 Å². The minimum Gasteiger partial charge on any atom is -0.341 e. The third-order valence-electron chi connectivity index (χ3n) is 4.37. The first-order chi connectivity index (χ1) is 11.5. The third-order valence-corrected chi connectivity index (χ3v) is 4.37. The van der Waals surface area contributed by atoms with E-state index in [1.54, 1.807) is 0 Å². The topological polar surface area (TPSA) is 61.4 Å². The van der Waals surface area contributed by atoms with Gasteiger partial charge in [-0.2, -0.15) is 0 Å². The van der Waals surface area contributed by atoms with Gasteiger partial charge in [0.25, 0.3) is 0 Å². The zero-order valence-corrected chi connectivity index (χ0v) is 16.1. The number of hydrogen-bond acceptors (Lipinski definition) is 3. The van der Waals surface area contributed by atoms with Gasteiger partial charge in [0.2, 0.25) is 11.8 Å². The quantitative estimate of drug-likeness (QED) is 0.777. The van der Waals surface area contributed by atoms with Crippen molar-refractivity contribution in [2.75, 3.05) is 26.7 Å². The average Bonchev–Trinajstić information content (AvgIpc) is 3.01. The Bertz CT molecular complexity index is 551. The van der Waals surface area contributed by atoms with Gasteiger partial charge in [0, 0.05) is 19.5 Å². The van der Waals surface area contributed by atoms with E-state index in [0.29, 0.717) is 12.3 Å². The van der Waals surface area contributed by atoms with Gasteiger partial charge in [-0.05, 0) is 37.4 Å². The Labute approximate surface area is 157 Å². The fraction of sp³-hybridized carbons (Fsp3) is 0.579. The van der Waals surface area contributed by atoms with Crippen LogP contribution in [0.5, 0.6) is 0 Å². The summed E-state index contributed by atoms with van der Waals surface area (Å²) < 4.78 is 0. The highest BCUT2D eigenvalue weighted by Crippen LogP contribution is 2.22. The van der Waals surface area contributed by atoms with E-state index in [1.165, 1.54) is 0 Å². The van der Waals surface area contributed by atoms with Gasteiger partial charge in [-0.3, -0.25) is 9.59 Å². The minimum atomic E-state index is -0.592. The Kier molecular flexibility index (Phi) is 8.93. The predicted octanol–water partition coefficient (Wildman–Crippen LogP) is 2.38. The highest BCUT2D eigenvalue weighted by Gasteiger charge is 2.32. The van der Waals surface area contributed by atoms with Gasteiger partial charge >= 0.3 is 0 Å². The van der Waals surface area contributed by atoms with Crippen molar-refractivity contribution in [3.05, 3.63) is 35.9 Å². The summed E-state index contributed by atoms with van der Waals surface area (Å²) in [4.78, 5) is 27.1. The van der Waals surface area contributed by atoms with Crippen molar-refractivity contribution in [3.8, 4) is 0 Å². The lowest BCUT2D eigenvalue weighted by atomic mass is 10.0. The predicted molar refractivity (Wildman–Crippen MR) is 103 cm³/mol. The molecule has 0 aliphatic carbocycles. The van der Waals surface area contributed by atoms with Gasteiger partial charge in [0.15, 0.2) is 0 Å². The molecule has 1 aromatic carbocycles. The SMILES string of the molecule is CNCC1CCN(C(=O)C(NC(=O)CC(C)C)c2ccccc2)C1.Cl. The molecule has 0 spiro atoms. The summed E-state index contributed by atoms with van der Waals surface area (Å²) in [6, 6.07) is 8.93. The van der Waals surface area contributed by atoms with Crippen LogP contribution in [0.1, 0.15) is 38.3 Å². The molecule has 2 N–H and O–H groups in total. The number of amides is 2. The van der Waals surface area contributed by atoms with Crippen LogP contribution in [0.15, 0.2) is 30.3 Å². The number of nitrogens with zero attached hydrogens (tertiary/aromatic N) is 1. The van der Waals surface area contributed by atoms with E-state index in [2.05, 4.69) is 10.6 Å². The smallest absolute Gasteiger partial charge is 0.249 e. The molecular formula is C19H30ClN3O2. The Hall–Kier alpha value is -1.59. The van der Waals surface area contributed by atoms with Crippen molar-refractivity contribution in [2.45, 2.75) is 32.7 Å². The lowest BCUT2D eigenvalue weighted by Gasteiger charge is -2.25. The second-order valence-electron chi connectivity index (χ2n) is 7.01. The molecule has 2 amide bonds. The van der Waals surface area contributed by atoms with Crippen molar-refractivity contribution >= 4 is 24.2 Å². The fourth-order valence-corrected chi connectivity index (χ4v) is 3.19. The van der Waals surface area contributed by atoms with Gasteiger partial charge < -0.3 is 15.5 Å². The van der Waals surface area contributed by atoms with Gasteiger partial charge in [0.05, 0.1) is 0 Å². The molecule has 25 heavy (non-hydrogen) atoms. The van der Waals surface area contributed by atoms with Gasteiger partial charge in [-0.25, -0.2) is 0 Å². The highest BCUT2D eigenvalue weighted by molar-refractivity contribution is 5.89. The molecule has 2 unspecified atom stereocenters. The van der Waals surface area contributed by atoms with Crippen molar-refractivity contribution < 1.29 is 9.59 Å². The molecule has 140 valence electrons. The second-order valence-corrected chi connectivity index (χ2v) is 7.01. The molecule has 1 aromatic rings. The van der Waals surface area contributed by atoms with Crippen LogP contribution in [-0.2, 0) is 9.59 Å². The number of likely N-dealkylation sites (tertiary alicyclic amines) is 1. The summed E-state index contributed by atoms with van der Waals surface area (Å²) in [6.07, 6.45) is 1.44. The maximum absolute atomic E-state index is 13.0. The lowest BCUT2D eigenvalue weighted by Crippen LogP contribution is -2.42. The van der Waals surface area contributed by atoms with E-state index in [9.17, 15) is 9.59 Å². The number of benzene rings is 1. The summed E-state index contributed by atoms with van der Waals surface area (Å²) in [7, 11) is 1.93. The van der Waals surface area contributed by atoms with E-state index in [-0.39, 0.29) is 30.1 Å². The largest absolute Gasteiger partial charge is 0.341 e. The summed E-state index contributed by atoms with van der Waals surface area (Å²) in [5.41, 5.74) is 0.844.